The molecule has 0 bridgehead atoms. The first-order valence-electron chi connectivity index (χ1n) is 4.02. The van der Waals surface area contributed by atoms with Gasteiger partial charge in [-0.2, -0.15) is 5.48 Å². The number of nitrogens with one attached hydrogen (secondary N) is 1. The van der Waals surface area contributed by atoms with Crippen LogP contribution >= 0.6 is 11.6 Å². The fraction of sp³-hybridized carbons (Fsp3) is 0.333. The van der Waals surface area contributed by atoms with Crippen molar-refractivity contribution in [1.82, 2.24) is 5.48 Å². The smallest absolute Gasteiger partial charge is 0.124 e. The summed E-state index contributed by atoms with van der Waals surface area (Å²) < 4.78 is 12.6. The quantitative estimate of drug-likeness (QED) is 0.600. The molecule has 0 aromatic heterocycles. The van der Waals surface area contributed by atoms with E-state index in [2.05, 4.69) is 5.48 Å². The Morgan fingerprint density at radius 3 is 2.92 bits per heavy atom. The summed E-state index contributed by atoms with van der Waals surface area (Å²) in [5.74, 6) is -0.329. The molecule has 72 valence electrons. The molecule has 1 N–H and O–H groups in total. The molecule has 0 heterocycles. The number of hydrogen-bond acceptors (Lipinski definition) is 2. The minimum Gasteiger partial charge on any atom is -0.302 e. The van der Waals surface area contributed by atoms with E-state index >= 15 is 0 Å². The molecule has 1 aromatic carbocycles. The third-order valence-electron chi connectivity index (χ3n) is 1.52. The van der Waals surface area contributed by atoms with Crippen molar-refractivity contribution in [1.29, 1.82) is 0 Å². The molecule has 4 heteroatoms. The van der Waals surface area contributed by atoms with Crippen LogP contribution in [0, 0.1) is 5.82 Å². The van der Waals surface area contributed by atoms with E-state index in [1.54, 1.807) is 6.07 Å². The largest absolute Gasteiger partial charge is 0.302 e. The molecule has 0 radical (unpaired) electrons. The molecule has 0 atom stereocenters. The van der Waals surface area contributed by atoms with Crippen molar-refractivity contribution in [2.75, 3.05) is 6.61 Å². The van der Waals surface area contributed by atoms with Crippen molar-refractivity contribution in [3.63, 3.8) is 0 Å². The van der Waals surface area contributed by atoms with Crippen LogP contribution in [-0.2, 0) is 11.4 Å². The molecule has 0 fully saturated rings. The molecule has 0 aliphatic heterocycles. The summed E-state index contributed by atoms with van der Waals surface area (Å²) in [6.07, 6.45) is 0. The van der Waals surface area contributed by atoms with E-state index in [0.29, 0.717) is 18.2 Å². The lowest BCUT2D eigenvalue weighted by atomic mass is 10.2. The van der Waals surface area contributed by atoms with E-state index in [9.17, 15) is 4.39 Å². The van der Waals surface area contributed by atoms with Crippen molar-refractivity contribution >= 4 is 11.6 Å². The average molecular weight is 204 g/mol. The van der Waals surface area contributed by atoms with Gasteiger partial charge in [-0.1, -0.05) is 17.7 Å². The zero-order chi connectivity index (χ0) is 9.68. The summed E-state index contributed by atoms with van der Waals surface area (Å²) >= 11 is 5.77. The Kier molecular flexibility index (Phi) is 4.15. The predicted octanol–water partition coefficient (Wildman–Crippen LogP) is 2.52. The minimum atomic E-state index is -0.329. The maximum atomic E-state index is 12.6. The fourth-order valence-corrected chi connectivity index (χ4v) is 1.13. The summed E-state index contributed by atoms with van der Waals surface area (Å²) in [6.45, 7) is 2.94. The minimum absolute atomic E-state index is 0.329. The summed E-state index contributed by atoms with van der Waals surface area (Å²) in [5.41, 5.74) is 3.52. The molecule has 0 aliphatic rings. The summed E-state index contributed by atoms with van der Waals surface area (Å²) in [4.78, 5) is 4.92. The van der Waals surface area contributed by atoms with Crippen LogP contribution in [0.3, 0.4) is 0 Å². The van der Waals surface area contributed by atoms with Crippen LogP contribution in [0.2, 0.25) is 5.02 Å². The second kappa shape index (κ2) is 5.17. The number of rotatable bonds is 4. The maximum absolute atomic E-state index is 12.6. The number of halogens is 2. The Balaban J connectivity index is 2.56. The van der Waals surface area contributed by atoms with E-state index in [1.807, 2.05) is 6.92 Å². The Hall–Kier alpha value is -0.640. The Labute approximate surface area is 81.6 Å². The SMILES string of the molecule is CCONCc1ccc(F)cc1Cl. The van der Waals surface area contributed by atoms with Crippen LogP contribution in [0.25, 0.3) is 0 Å². The Bertz CT molecular complexity index is 280. The molecule has 0 unspecified atom stereocenters. The third-order valence-corrected chi connectivity index (χ3v) is 1.88. The van der Waals surface area contributed by atoms with Gasteiger partial charge in [0.1, 0.15) is 5.82 Å². The van der Waals surface area contributed by atoms with Gasteiger partial charge in [-0.25, -0.2) is 4.39 Å². The van der Waals surface area contributed by atoms with E-state index in [4.69, 9.17) is 16.4 Å². The molecule has 13 heavy (non-hydrogen) atoms. The van der Waals surface area contributed by atoms with Crippen molar-refractivity contribution in [3.05, 3.63) is 34.6 Å². The zero-order valence-electron chi connectivity index (χ0n) is 7.31. The Morgan fingerprint density at radius 2 is 2.31 bits per heavy atom. The van der Waals surface area contributed by atoms with Crippen LogP contribution in [0.1, 0.15) is 12.5 Å². The summed E-state index contributed by atoms with van der Waals surface area (Å²) in [5, 5.41) is 0.409. The van der Waals surface area contributed by atoms with Gasteiger partial charge in [-0.3, -0.25) is 0 Å². The normalized spacial score (nSPS) is 10.4. The monoisotopic (exact) mass is 203 g/mol. The highest BCUT2D eigenvalue weighted by molar-refractivity contribution is 6.31. The van der Waals surface area contributed by atoms with E-state index < -0.39 is 0 Å². The predicted molar refractivity (Wildman–Crippen MR) is 49.9 cm³/mol. The van der Waals surface area contributed by atoms with Crippen molar-refractivity contribution in [2.24, 2.45) is 0 Å². The number of benzene rings is 1. The first-order valence-corrected chi connectivity index (χ1v) is 4.40. The van der Waals surface area contributed by atoms with Crippen molar-refractivity contribution in [3.8, 4) is 0 Å². The molecule has 0 spiro atoms. The lowest BCUT2D eigenvalue weighted by molar-refractivity contribution is 0.0463. The molecule has 0 saturated carbocycles. The first kappa shape index (κ1) is 10.4. The first-order chi connectivity index (χ1) is 6.24. The maximum Gasteiger partial charge on any atom is 0.124 e. The van der Waals surface area contributed by atoms with Gasteiger partial charge < -0.3 is 4.84 Å². The van der Waals surface area contributed by atoms with Gasteiger partial charge in [0.2, 0.25) is 0 Å². The summed E-state index contributed by atoms with van der Waals surface area (Å²) in [7, 11) is 0. The van der Waals surface area contributed by atoms with Gasteiger partial charge in [0.25, 0.3) is 0 Å². The summed E-state index contributed by atoms with van der Waals surface area (Å²) in [6, 6.07) is 4.28. The molecule has 1 aromatic rings. The lowest BCUT2D eigenvalue weighted by Gasteiger charge is -2.05. The standard InChI is InChI=1S/C9H11ClFNO/c1-2-13-12-6-7-3-4-8(11)5-9(7)10/h3-5,12H,2,6H2,1H3. The molecule has 2 nitrogen and oxygen atoms in total. The van der Waals surface area contributed by atoms with Gasteiger partial charge in [0.05, 0.1) is 6.61 Å². The van der Waals surface area contributed by atoms with Gasteiger partial charge in [0, 0.05) is 11.6 Å². The van der Waals surface area contributed by atoms with Gasteiger partial charge in [0.15, 0.2) is 0 Å². The van der Waals surface area contributed by atoms with Gasteiger partial charge in [-0.15, -0.1) is 0 Å². The van der Waals surface area contributed by atoms with Gasteiger partial charge in [-0.05, 0) is 24.6 Å². The molecule has 0 aliphatic carbocycles. The molecule has 1 rings (SSSR count). The van der Waals surface area contributed by atoms with Crippen LogP contribution in [0.4, 0.5) is 4.39 Å². The molecular formula is C9H11ClFNO. The highest BCUT2D eigenvalue weighted by Gasteiger charge is 2.00. The van der Waals surface area contributed by atoms with Crippen LogP contribution in [-0.4, -0.2) is 6.61 Å². The average Bonchev–Trinajstić information content (AvgIpc) is 2.09. The number of hydrogen-bond donors (Lipinski definition) is 1. The third kappa shape index (κ3) is 3.30. The molecule has 0 amide bonds. The molecule has 0 saturated heterocycles. The topological polar surface area (TPSA) is 21.3 Å². The van der Waals surface area contributed by atoms with Crippen LogP contribution < -0.4 is 5.48 Å². The van der Waals surface area contributed by atoms with Gasteiger partial charge >= 0.3 is 0 Å². The van der Waals surface area contributed by atoms with Crippen LogP contribution in [0.15, 0.2) is 18.2 Å². The highest BCUT2D eigenvalue weighted by atomic mass is 35.5. The van der Waals surface area contributed by atoms with E-state index in [1.165, 1.54) is 12.1 Å². The van der Waals surface area contributed by atoms with E-state index in [0.717, 1.165) is 5.56 Å². The second-order valence-corrected chi connectivity index (χ2v) is 2.90. The number of hydroxylamine groups is 1. The lowest BCUT2D eigenvalue weighted by Crippen LogP contribution is -2.13. The Morgan fingerprint density at radius 1 is 1.54 bits per heavy atom. The zero-order valence-corrected chi connectivity index (χ0v) is 8.07. The second-order valence-electron chi connectivity index (χ2n) is 2.49. The molecular weight excluding hydrogens is 193 g/mol. The van der Waals surface area contributed by atoms with Crippen LogP contribution in [0.5, 0.6) is 0 Å². The fourth-order valence-electron chi connectivity index (χ4n) is 0.896. The van der Waals surface area contributed by atoms with Crippen molar-refractivity contribution in [2.45, 2.75) is 13.5 Å². The van der Waals surface area contributed by atoms with E-state index in [-0.39, 0.29) is 5.82 Å². The van der Waals surface area contributed by atoms with Crippen molar-refractivity contribution < 1.29 is 9.23 Å². The highest BCUT2D eigenvalue weighted by Crippen LogP contribution is 2.16.